The summed E-state index contributed by atoms with van der Waals surface area (Å²) in [4.78, 5) is 32.2. The highest BCUT2D eigenvalue weighted by Crippen LogP contribution is 2.29. The van der Waals surface area contributed by atoms with Crippen molar-refractivity contribution in [2.75, 3.05) is 19.6 Å². The number of piperidine rings is 1. The maximum atomic E-state index is 13.2. The Bertz CT molecular complexity index is 907. The second-order valence-electron chi connectivity index (χ2n) is 7.11. The van der Waals surface area contributed by atoms with Gasteiger partial charge in [0.05, 0.1) is 11.6 Å². The van der Waals surface area contributed by atoms with Crippen LogP contribution in [0, 0.1) is 5.92 Å². The van der Waals surface area contributed by atoms with E-state index in [-0.39, 0.29) is 11.7 Å². The molecule has 0 bridgehead atoms. The number of hydrogen-bond donors (Lipinski definition) is 1. The molecule has 2 amide bonds. The first kappa shape index (κ1) is 18.3. The normalized spacial score (nSPS) is 20.3. The zero-order chi connectivity index (χ0) is 19.5. The van der Waals surface area contributed by atoms with Crippen molar-refractivity contribution in [2.45, 2.75) is 19.3 Å². The van der Waals surface area contributed by atoms with Gasteiger partial charge >= 0.3 is 0 Å². The lowest BCUT2D eigenvalue weighted by atomic mass is 9.94. The largest absolute Gasteiger partial charge is 0.507 e. The van der Waals surface area contributed by atoms with E-state index in [2.05, 4.69) is 15.0 Å². The van der Waals surface area contributed by atoms with Gasteiger partial charge in [0.15, 0.2) is 0 Å². The topological polar surface area (TPSA) is 86.1 Å². The van der Waals surface area contributed by atoms with E-state index in [9.17, 15) is 14.7 Å². The van der Waals surface area contributed by atoms with Crippen LogP contribution in [0.15, 0.2) is 53.9 Å². The molecule has 144 valence electrons. The van der Waals surface area contributed by atoms with Gasteiger partial charge in [-0.2, -0.15) is 10.1 Å². The molecule has 4 rings (SSSR count). The lowest BCUT2D eigenvalue weighted by molar-refractivity contribution is -0.129. The minimum absolute atomic E-state index is 0.0518. The number of hydrogen-bond acceptors (Lipinski definition) is 6. The van der Waals surface area contributed by atoms with E-state index in [0.29, 0.717) is 23.4 Å². The molecule has 2 aliphatic heterocycles. The zero-order valence-corrected chi connectivity index (χ0v) is 15.5. The molecule has 1 aromatic heterocycles. The summed E-state index contributed by atoms with van der Waals surface area (Å²) in [6.45, 7) is 2.35. The Morgan fingerprint density at radius 3 is 2.50 bits per heavy atom. The molecule has 2 aliphatic rings. The van der Waals surface area contributed by atoms with Gasteiger partial charge in [-0.15, -0.1) is 0 Å². The van der Waals surface area contributed by atoms with Crippen molar-refractivity contribution in [3.8, 4) is 5.75 Å². The minimum atomic E-state index is -0.586. The van der Waals surface area contributed by atoms with Gasteiger partial charge < -0.3 is 10.0 Å². The molecule has 1 atom stereocenters. The van der Waals surface area contributed by atoms with Crippen LogP contribution < -0.4 is 0 Å². The van der Waals surface area contributed by atoms with Crippen LogP contribution in [0.4, 0.5) is 0 Å². The predicted molar refractivity (Wildman–Crippen MR) is 104 cm³/mol. The van der Waals surface area contributed by atoms with Gasteiger partial charge in [0.25, 0.3) is 11.8 Å². The first-order valence-electron chi connectivity index (χ1n) is 9.52. The number of phenolic OH excluding ortho intramolecular Hbond substituents is 1. The van der Waals surface area contributed by atoms with E-state index in [1.165, 1.54) is 18.8 Å². The molecule has 0 aliphatic carbocycles. The van der Waals surface area contributed by atoms with E-state index in [1.54, 1.807) is 36.4 Å². The van der Waals surface area contributed by atoms with Crippen molar-refractivity contribution < 1.29 is 14.7 Å². The van der Waals surface area contributed by atoms with Gasteiger partial charge in [0, 0.05) is 30.1 Å². The maximum absolute atomic E-state index is 13.2. The molecule has 1 aromatic carbocycles. The summed E-state index contributed by atoms with van der Waals surface area (Å²) < 4.78 is 0. The van der Waals surface area contributed by atoms with Crippen molar-refractivity contribution in [1.29, 1.82) is 0 Å². The number of carbonyl (C=O) groups is 2. The summed E-state index contributed by atoms with van der Waals surface area (Å²) in [6.07, 6.45) is 6.41. The summed E-state index contributed by atoms with van der Waals surface area (Å²) in [7, 11) is 0. The number of aromatic hydroxyl groups is 1. The van der Waals surface area contributed by atoms with Gasteiger partial charge in [-0.05, 0) is 50.2 Å². The van der Waals surface area contributed by atoms with Crippen molar-refractivity contribution in [3.05, 3.63) is 59.9 Å². The Labute approximate surface area is 163 Å². The molecule has 1 N–H and O–H groups in total. The van der Waals surface area contributed by atoms with Gasteiger partial charge in [-0.3, -0.25) is 14.6 Å². The second kappa shape index (κ2) is 7.90. The Morgan fingerprint density at radius 1 is 1.07 bits per heavy atom. The highest BCUT2D eigenvalue weighted by molar-refractivity contribution is 6.22. The van der Waals surface area contributed by atoms with Crippen molar-refractivity contribution in [1.82, 2.24) is 14.9 Å². The molecule has 0 spiro atoms. The summed E-state index contributed by atoms with van der Waals surface area (Å²) in [5.41, 5.74) is 1.28. The molecule has 1 fully saturated rings. The number of hydrazone groups is 1. The average molecular weight is 378 g/mol. The molecule has 3 heterocycles. The molecule has 1 unspecified atom stereocenters. The van der Waals surface area contributed by atoms with Crippen LogP contribution in [0.2, 0.25) is 0 Å². The van der Waals surface area contributed by atoms with Crippen LogP contribution in [-0.2, 0) is 4.79 Å². The minimum Gasteiger partial charge on any atom is -0.507 e. The number of likely N-dealkylation sites (tertiary alicyclic amines) is 1. The van der Waals surface area contributed by atoms with Gasteiger partial charge in [-0.25, -0.2) is 0 Å². The summed E-state index contributed by atoms with van der Waals surface area (Å²) in [5, 5.41) is 15.6. The third-order valence-corrected chi connectivity index (χ3v) is 5.23. The van der Waals surface area contributed by atoms with Gasteiger partial charge in [0.2, 0.25) is 0 Å². The van der Waals surface area contributed by atoms with E-state index in [4.69, 9.17) is 0 Å². The van der Waals surface area contributed by atoms with Crippen LogP contribution in [0.1, 0.15) is 35.2 Å². The molecule has 7 heteroatoms. The molecule has 2 aromatic rings. The monoisotopic (exact) mass is 378 g/mol. The van der Waals surface area contributed by atoms with E-state index < -0.39 is 11.8 Å². The van der Waals surface area contributed by atoms with Crippen LogP contribution >= 0.6 is 0 Å². The van der Waals surface area contributed by atoms with Crippen LogP contribution in [0.3, 0.4) is 0 Å². The zero-order valence-electron chi connectivity index (χ0n) is 15.5. The average Bonchev–Trinajstić information content (AvgIpc) is 3.05. The SMILES string of the molecule is O=C(c1ccncc1)N1N=C(c2ccccc2O)C(CN2CCCCC2)C1=O. The number of pyridine rings is 1. The highest BCUT2D eigenvalue weighted by atomic mass is 16.3. The first-order valence-corrected chi connectivity index (χ1v) is 9.52. The number of amides is 2. The number of aromatic nitrogens is 1. The Hall–Kier alpha value is -3.06. The standard InChI is InChI=1S/C21H22N4O3/c26-18-7-3-2-6-16(18)19-17(14-24-12-4-1-5-13-24)21(28)25(23-19)20(27)15-8-10-22-11-9-15/h2-3,6-11,17,26H,1,4-5,12-14H2. The Balaban J connectivity index is 1.68. The third kappa shape index (κ3) is 3.53. The molecular formula is C21H22N4O3. The van der Waals surface area contributed by atoms with E-state index >= 15 is 0 Å². The summed E-state index contributed by atoms with van der Waals surface area (Å²) in [5.74, 6) is -1.37. The fourth-order valence-corrected chi connectivity index (χ4v) is 3.75. The van der Waals surface area contributed by atoms with Crippen LogP contribution in [-0.4, -0.2) is 57.2 Å². The van der Waals surface area contributed by atoms with E-state index in [1.807, 2.05) is 0 Å². The molecule has 28 heavy (non-hydrogen) atoms. The number of phenols is 1. The lowest BCUT2D eigenvalue weighted by Gasteiger charge is -2.28. The van der Waals surface area contributed by atoms with Crippen LogP contribution in [0.5, 0.6) is 5.75 Å². The number of carbonyl (C=O) groups excluding carboxylic acids is 2. The predicted octanol–water partition coefficient (Wildman–Crippen LogP) is 2.28. The first-order chi connectivity index (χ1) is 13.6. The second-order valence-corrected chi connectivity index (χ2v) is 7.11. The van der Waals surface area contributed by atoms with Crippen molar-refractivity contribution in [2.24, 2.45) is 11.0 Å². The number of benzene rings is 1. The fourth-order valence-electron chi connectivity index (χ4n) is 3.75. The fraction of sp³-hybridized carbons (Fsp3) is 0.333. The number of nitrogens with zero attached hydrogens (tertiary/aromatic N) is 4. The number of para-hydroxylation sites is 1. The smallest absolute Gasteiger partial charge is 0.281 e. The summed E-state index contributed by atoms with van der Waals surface area (Å²) >= 11 is 0. The molecular weight excluding hydrogens is 356 g/mol. The number of imide groups is 1. The Morgan fingerprint density at radius 2 is 1.79 bits per heavy atom. The Kier molecular flexibility index (Phi) is 5.16. The van der Waals surface area contributed by atoms with Crippen LogP contribution in [0.25, 0.3) is 0 Å². The van der Waals surface area contributed by atoms with Gasteiger partial charge in [-0.1, -0.05) is 18.6 Å². The molecule has 0 saturated carbocycles. The van der Waals surface area contributed by atoms with Crippen molar-refractivity contribution >= 4 is 17.5 Å². The van der Waals surface area contributed by atoms with Crippen molar-refractivity contribution in [3.63, 3.8) is 0 Å². The number of rotatable bonds is 4. The lowest BCUT2D eigenvalue weighted by Crippen LogP contribution is -2.41. The maximum Gasteiger partial charge on any atom is 0.281 e. The molecule has 0 radical (unpaired) electrons. The summed E-state index contributed by atoms with van der Waals surface area (Å²) in [6, 6.07) is 9.91. The molecule has 7 nitrogen and oxygen atoms in total. The quantitative estimate of drug-likeness (QED) is 0.825. The van der Waals surface area contributed by atoms with Gasteiger partial charge in [0.1, 0.15) is 5.75 Å². The highest BCUT2D eigenvalue weighted by Gasteiger charge is 2.41. The third-order valence-electron chi connectivity index (χ3n) is 5.23. The van der Waals surface area contributed by atoms with E-state index in [0.717, 1.165) is 30.9 Å². The molecule has 1 saturated heterocycles.